The molecule has 6 nitrogen and oxygen atoms in total. The smallest absolute Gasteiger partial charge is 0.308 e. The fourth-order valence-corrected chi connectivity index (χ4v) is 4.04. The molecule has 4 atom stereocenters. The number of hydrogen-bond donors (Lipinski definition) is 2. The second kappa shape index (κ2) is 4.58. The van der Waals surface area contributed by atoms with Crippen LogP contribution < -0.4 is 5.32 Å². The number of nitrogens with zero attached hydrogens (tertiary/aromatic N) is 1. The molecule has 1 aromatic rings. The zero-order chi connectivity index (χ0) is 14.6. The molecule has 3 aliphatic rings. The number of carbonyl (C=O) groups excluding carboxylic acids is 1. The standard InChI is InChI=1S/C15H18N2O4/c18-14(10-6-11(21-17-10)7-1-2-7)16-13-9-4-3-8(5-9)12(13)15(19)20/h6-9,12-13H,1-5H2,(H,16,18)(H,19,20). The summed E-state index contributed by atoms with van der Waals surface area (Å²) in [4.78, 5) is 23.7. The summed E-state index contributed by atoms with van der Waals surface area (Å²) >= 11 is 0. The minimum absolute atomic E-state index is 0.206. The minimum atomic E-state index is -0.800. The van der Waals surface area contributed by atoms with E-state index in [9.17, 15) is 14.7 Å². The third-order valence-electron chi connectivity index (χ3n) is 5.24. The van der Waals surface area contributed by atoms with E-state index in [0.29, 0.717) is 5.92 Å². The Labute approximate surface area is 121 Å². The van der Waals surface area contributed by atoms with Crippen molar-refractivity contribution < 1.29 is 19.2 Å². The van der Waals surface area contributed by atoms with E-state index >= 15 is 0 Å². The van der Waals surface area contributed by atoms with Gasteiger partial charge in [-0.3, -0.25) is 9.59 Å². The molecule has 112 valence electrons. The van der Waals surface area contributed by atoms with Crippen LogP contribution >= 0.6 is 0 Å². The van der Waals surface area contributed by atoms with E-state index in [4.69, 9.17) is 4.52 Å². The Hall–Kier alpha value is -1.85. The van der Waals surface area contributed by atoms with Crippen molar-refractivity contribution in [2.75, 3.05) is 0 Å². The quantitative estimate of drug-likeness (QED) is 0.881. The van der Waals surface area contributed by atoms with E-state index in [-0.39, 0.29) is 29.5 Å². The van der Waals surface area contributed by atoms with Crippen LogP contribution in [0.25, 0.3) is 0 Å². The Morgan fingerprint density at radius 2 is 2.00 bits per heavy atom. The molecule has 0 spiro atoms. The number of amides is 1. The number of carboxylic acid groups (broad SMARTS) is 1. The van der Waals surface area contributed by atoms with Crippen LogP contribution in [0.2, 0.25) is 0 Å². The number of hydrogen-bond acceptors (Lipinski definition) is 4. The van der Waals surface area contributed by atoms with Crippen LogP contribution in [0.5, 0.6) is 0 Å². The average Bonchev–Trinajstić information content (AvgIpc) is 2.91. The molecule has 0 radical (unpaired) electrons. The van der Waals surface area contributed by atoms with Crippen molar-refractivity contribution in [1.82, 2.24) is 10.5 Å². The molecule has 4 unspecified atom stereocenters. The van der Waals surface area contributed by atoms with Gasteiger partial charge in [-0.25, -0.2) is 0 Å². The predicted octanol–water partition coefficient (Wildman–Crippen LogP) is 1.78. The Balaban J connectivity index is 1.48. The number of aliphatic carboxylic acids is 1. The lowest BCUT2D eigenvalue weighted by Crippen LogP contribution is -2.46. The van der Waals surface area contributed by atoms with Crippen LogP contribution in [0.1, 0.15) is 54.3 Å². The first-order chi connectivity index (χ1) is 10.1. The molecule has 6 heteroatoms. The van der Waals surface area contributed by atoms with Gasteiger partial charge >= 0.3 is 5.97 Å². The van der Waals surface area contributed by atoms with Crippen molar-refractivity contribution in [2.45, 2.75) is 44.1 Å². The molecule has 4 rings (SSSR count). The third kappa shape index (κ3) is 2.13. The normalized spacial score (nSPS) is 34.1. The Morgan fingerprint density at radius 1 is 1.24 bits per heavy atom. The van der Waals surface area contributed by atoms with E-state index in [0.717, 1.165) is 37.9 Å². The van der Waals surface area contributed by atoms with E-state index < -0.39 is 11.9 Å². The van der Waals surface area contributed by atoms with Crippen molar-refractivity contribution in [1.29, 1.82) is 0 Å². The highest BCUT2D eigenvalue weighted by Crippen LogP contribution is 2.48. The molecule has 21 heavy (non-hydrogen) atoms. The molecule has 3 saturated carbocycles. The van der Waals surface area contributed by atoms with Crippen LogP contribution in [0, 0.1) is 17.8 Å². The second-order valence-corrected chi connectivity index (χ2v) is 6.59. The minimum Gasteiger partial charge on any atom is -0.481 e. The summed E-state index contributed by atoms with van der Waals surface area (Å²) in [6.45, 7) is 0. The summed E-state index contributed by atoms with van der Waals surface area (Å²) in [6.07, 6.45) is 5.05. The van der Waals surface area contributed by atoms with Crippen molar-refractivity contribution >= 4 is 11.9 Å². The van der Waals surface area contributed by atoms with Crippen LogP contribution in [0.4, 0.5) is 0 Å². The van der Waals surface area contributed by atoms with Gasteiger partial charge in [-0.05, 0) is 43.9 Å². The SMILES string of the molecule is O=C(NC1C2CCC(C2)C1C(=O)O)c1cc(C2CC2)on1. The first kappa shape index (κ1) is 12.9. The number of fused-ring (bicyclic) bond motifs is 2. The van der Waals surface area contributed by atoms with E-state index in [2.05, 4.69) is 10.5 Å². The highest BCUT2D eigenvalue weighted by atomic mass is 16.5. The maximum absolute atomic E-state index is 12.3. The molecule has 1 aromatic heterocycles. The monoisotopic (exact) mass is 290 g/mol. The average molecular weight is 290 g/mol. The summed E-state index contributed by atoms with van der Waals surface area (Å²) in [5, 5.41) is 16.1. The van der Waals surface area contributed by atoms with E-state index in [1.165, 1.54) is 0 Å². The fourth-order valence-electron chi connectivity index (χ4n) is 4.04. The van der Waals surface area contributed by atoms with Gasteiger partial charge in [0.05, 0.1) is 5.92 Å². The van der Waals surface area contributed by atoms with Crippen LogP contribution in [0.3, 0.4) is 0 Å². The zero-order valence-electron chi connectivity index (χ0n) is 11.6. The Morgan fingerprint density at radius 3 is 2.71 bits per heavy atom. The fraction of sp³-hybridized carbons (Fsp3) is 0.667. The third-order valence-corrected chi connectivity index (χ3v) is 5.24. The van der Waals surface area contributed by atoms with Gasteiger partial charge in [-0.1, -0.05) is 5.16 Å². The lowest BCUT2D eigenvalue weighted by Gasteiger charge is -2.28. The number of carboxylic acids is 1. The largest absolute Gasteiger partial charge is 0.481 e. The first-order valence-corrected chi connectivity index (χ1v) is 7.64. The topological polar surface area (TPSA) is 92.4 Å². The molecule has 2 N–H and O–H groups in total. The van der Waals surface area contributed by atoms with Gasteiger partial charge in [0.1, 0.15) is 5.76 Å². The van der Waals surface area contributed by atoms with Crippen molar-refractivity contribution in [3.8, 4) is 0 Å². The Kier molecular flexibility index (Phi) is 2.80. The van der Waals surface area contributed by atoms with Crippen molar-refractivity contribution in [2.24, 2.45) is 17.8 Å². The summed E-state index contributed by atoms with van der Waals surface area (Å²) in [7, 11) is 0. The van der Waals surface area contributed by atoms with Crippen LogP contribution in [0.15, 0.2) is 10.6 Å². The van der Waals surface area contributed by atoms with E-state index in [1.54, 1.807) is 6.07 Å². The highest BCUT2D eigenvalue weighted by molar-refractivity contribution is 5.93. The summed E-state index contributed by atoms with van der Waals surface area (Å²) < 4.78 is 5.18. The summed E-state index contributed by atoms with van der Waals surface area (Å²) in [5.74, 6) is 0.103. The molecule has 3 fully saturated rings. The summed E-state index contributed by atoms with van der Waals surface area (Å²) in [6, 6.07) is 1.42. The van der Waals surface area contributed by atoms with Crippen LogP contribution in [-0.4, -0.2) is 28.2 Å². The number of aromatic nitrogens is 1. The molecule has 3 aliphatic carbocycles. The van der Waals surface area contributed by atoms with Crippen LogP contribution in [-0.2, 0) is 4.79 Å². The first-order valence-electron chi connectivity index (χ1n) is 7.64. The molecule has 0 aromatic carbocycles. The molecule has 1 amide bonds. The maximum atomic E-state index is 12.3. The van der Waals surface area contributed by atoms with E-state index in [1.807, 2.05) is 0 Å². The van der Waals surface area contributed by atoms with Crippen molar-refractivity contribution in [3.63, 3.8) is 0 Å². The molecular weight excluding hydrogens is 272 g/mol. The Bertz CT molecular complexity index is 592. The van der Waals surface area contributed by atoms with Gasteiger partial charge in [-0.15, -0.1) is 0 Å². The molecular formula is C15H18N2O4. The lowest BCUT2D eigenvalue weighted by atomic mass is 9.84. The highest BCUT2D eigenvalue weighted by Gasteiger charge is 2.51. The predicted molar refractivity (Wildman–Crippen MR) is 71.7 cm³/mol. The molecule has 0 aliphatic heterocycles. The van der Waals surface area contributed by atoms with Gasteiger partial charge in [0, 0.05) is 18.0 Å². The zero-order valence-corrected chi connectivity index (χ0v) is 11.6. The number of rotatable bonds is 4. The van der Waals surface area contributed by atoms with Gasteiger partial charge < -0.3 is 14.9 Å². The molecule has 0 saturated heterocycles. The molecule has 1 heterocycles. The maximum Gasteiger partial charge on any atom is 0.308 e. The number of carbonyl (C=O) groups is 2. The second-order valence-electron chi connectivity index (χ2n) is 6.59. The number of nitrogens with one attached hydrogen (secondary N) is 1. The van der Waals surface area contributed by atoms with Crippen molar-refractivity contribution in [3.05, 3.63) is 17.5 Å². The molecule has 2 bridgehead atoms. The summed E-state index contributed by atoms with van der Waals surface area (Å²) in [5.41, 5.74) is 0.267. The van der Waals surface area contributed by atoms with Gasteiger partial charge in [-0.2, -0.15) is 0 Å². The van der Waals surface area contributed by atoms with Gasteiger partial charge in [0.15, 0.2) is 5.69 Å². The van der Waals surface area contributed by atoms with Gasteiger partial charge in [0.25, 0.3) is 5.91 Å². The lowest BCUT2D eigenvalue weighted by molar-refractivity contribution is -0.144. The van der Waals surface area contributed by atoms with Gasteiger partial charge in [0.2, 0.25) is 0 Å².